The van der Waals surface area contributed by atoms with Crippen molar-refractivity contribution in [1.82, 2.24) is 9.80 Å². The first-order chi connectivity index (χ1) is 16.5. The van der Waals surface area contributed by atoms with E-state index in [2.05, 4.69) is 0 Å². The number of hydrogen-bond acceptors (Lipinski definition) is 7. The van der Waals surface area contributed by atoms with E-state index in [0.717, 1.165) is 5.56 Å². The Morgan fingerprint density at radius 3 is 2.40 bits per heavy atom. The molecule has 1 saturated heterocycles. The van der Waals surface area contributed by atoms with Crippen molar-refractivity contribution in [3.05, 3.63) is 29.8 Å². The van der Waals surface area contributed by atoms with Gasteiger partial charge in [-0.05, 0) is 42.9 Å². The van der Waals surface area contributed by atoms with Crippen LogP contribution in [0.25, 0.3) is 0 Å². The minimum Gasteiger partial charge on any atom is -0.497 e. The number of likely N-dealkylation sites (N-methyl/N-ethyl adjacent to an activating group) is 1. The topological polar surface area (TPSA) is 145 Å². The lowest BCUT2D eigenvalue weighted by molar-refractivity contribution is -0.156. The molecular formula is C25H38N4O6. The Balaban J connectivity index is 2.21. The van der Waals surface area contributed by atoms with Crippen molar-refractivity contribution in [2.24, 2.45) is 17.4 Å². The van der Waals surface area contributed by atoms with Crippen molar-refractivity contribution in [2.75, 3.05) is 27.3 Å². The molecule has 35 heavy (non-hydrogen) atoms. The molecule has 0 aliphatic carbocycles. The lowest BCUT2D eigenvalue weighted by Gasteiger charge is -2.33. The van der Waals surface area contributed by atoms with E-state index < -0.39 is 30.0 Å². The maximum atomic E-state index is 13.5. The number of nitrogens with zero attached hydrogens (tertiary/aromatic N) is 2. The molecule has 0 spiro atoms. The van der Waals surface area contributed by atoms with Gasteiger partial charge in [0.2, 0.25) is 17.7 Å². The number of ether oxygens (including phenoxy) is 2. The average Bonchev–Trinajstić information content (AvgIpc) is 3.30. The Labute approximate surface area is 206 Å². The summed E-state index contributed by atoms with van der Waals surface area (Å²) in [5.74, 6) is -0.928. The zero-order valence-electron chi connectivity index (χ0n) is 21.1. The zero-order valence-corrected chi connectivity index (χ0v) is 21.1. The number of likely N-dealkylation sites (tertiary alicyclic amines) is 1. The fraction of sp³-hybridized carbons (Fsp3) is 0.600. The van der Waals surface area contributed by atoms with Crippen LogP contribution in [0.2, 0.25) is 0 Å². The van der Waals surface area contributed by atoms with Gasteiger partial charge in [-0.2, -0.15) is 0 Å². The van der Waals surface area contributed by atoms with Crippen molar-refractivity contribution in [3.8, 4) is 5.75 Å². The third-order valence-corrected chi connectivity index (χ3v) is 6.13. The lowest BCUT2D eigenvalue weighted by Crippen LogP contribution is -2.55. The highest BCUT2D eigenvalue weighted by Crippen LogP contribution is 2.23. The molecule has 4 N–H and O–H groups in total. The van der Waals surface area contributed by atoms with E-state index in [1.165, 1.54) is 16.8 Å². The van der Waals surface area contributed by atoms with E-state index in [0.29, 0.717) is 31.6 Å². The van der Waals surface area contributed by atoms with Crippen LogP contribution >= 0.6 is 0 Å². The normalized spacial score (nSPS) is 17.1. The number of nitrogens with two attached hydrogens (primary N) is 2. The zero-order chi connectivity index (χ0) is 26.1. The highest BCUT2D eigenvalue weighted by atomic mass is 16.5. The minimum atomic E-state index is -0.953. The lowest BCUT2D eigenvalue weighted by atomic mass is 10.0. The third kappa shape index (κ3) is 7.95. The van der Waals surface area contributed by atoms with Gasteiger partial charge in [0.05, 0.1) is 19.6 Å². The Hall–Kier alpha value is -3.14. The Morgan fingerprint density at radius 1 is 1.17 bits per heavy atom. The number of esters is 1. The van der Waals surface area contributed by atoms with Crippen LogP contribution < -0.4 is 16.2 Å². The molecule has 2 rings (SSSR count). The van der Waals surface area contributed by atoms with E-state index in [4.69, 9.17) is 20.9 Å². The predicted molar refractivity (Wildman–Crippen MR) is 130 cm³/mol. The number of hydrogen-bond donors (Lipinski definition) is 2. The smallest absolute Gasteiger partial charge is 0.329 e. The summed E-state index contributed by atoms with van der Waals surface area (Å²) in [5.41, 5.74) is 12.0. The monoisotopic (exact) mass is 490 g/mol. The number of amides is 3. The number of primary amides is 1. The van der Waals surface area contributed by atoms with Crippen molar-refractivity contribution < 1.29 is 28.7 Å². The summed E-state index contributed by atoms with van der Waals surface area (Å²) in [6.45, 7) is 4.25. The highest BCUT2D eigenvalue weighted by Gasteiger charge is 2.40. The molecule has 1 aliphatic rings. The Bertz CT molecular complexity index is 888. The van der Waals surface area contributed by atoms with Gasteiger partial charge in [-0.15, -0.1) is 0 Å². The van der Waals surface area contributed by atoms with E-state index in [-0.39, 0.29) is 37.2 Å². The summed E-state index contributed by atoms with van der Waals surface area (Å²) in [6.07, 6.45) is 1.77. The maximum absolute atomic E-state index is 13.5. The van der Waals surface area contributed by atoms with Crippen molar-refractivity contribution in [1.29, 1.82) is 0 Å². The molecule has 10 nitrogen and oxygen atoms in total. The predicted octanol–water partition coefficient (Wildman–Crippen LogP) is 0.848. The number of carbonyl (C=O) groups is 4. The van der Waals surface area contributed by atoms with E-state index in [1.807, 2.05) is 13.8 Å². The minimum absolute atomic E-state index is 0.114. The van der Waals surface area contributed by atoms with Gasteiger partial charge in [0.15, 0.2) is 0 Å². The van der Waals surface area contributed by atoms with Crippen LogP contribution in [-0.4, -0.2) is 78.9 Å². The van der Waals surface area contributed by atoms with Gasteiger partial charge in [-0.3, -0.25) is 14.4 Å². The Morgan fingerprint density at radius 2 is 1.83 bits per heavy atom. The molecule has 0 aromatic heterocycles. The third-order valence-electron chi connectivity index (χ3n) is 6.13. The largest absolute Gasteiger partial charge is 0.497 e. The highest BCUT2D eigenvalue weighted by molar-refractivity contribution is 5.92. The molecule has 1 aromatic carbocycles. The molecule has 3 atom stereocenters. The molecule has 194 valence electrons. The average molecular weight is 491 g/mol. The SMILES string of the molecule is COc1ccc(CC(C(=O)OCCC(N)=O)N(C)C(=O)C2CCCN2C(=O)C(N)CC(C)C)cc1. The standard InChI is InChI=1S/C25H38N4O6/c1-16(2)14-19(26)23(31)29-12-5-6-20(29)24(32)28(3)21(25(33)35-13-11-22(27)30)15-17-7-9-18(34-4)10-8-17/h7-10,16,19-21H,5-6,11-15,26H2,1-4H3,(H2,27,30). The molecule has 0 radical (unpaired) electrons. The fourth-order valence-electron chi connectivity index (χ4n) is 4.21. The van der Waals surface area contributed by atoms with E-state index in [9.17, 15) is 19.2 Å². The van der Waals surface area contributed by atoms with Gasteiger partial charge in [-0.1, -0.05) is 26.0 Å². The van der Waals surface area contributed by atoms with Crippen LogP contribution in [0, 0.1) is 5.92 Å². The molecule has 1 fully saturated rings. The molecule has 0 bridgehead atoms. The first-order valence-corrected chi connectivity index (χ1v) is 12.0. The molecule has 1 aromatic rings. The van der Waals surface area contributed by atoms with Crippen LogP contribution in [0.5, 0.6) is 5.75 Å². The molecule has 10 heteroatoms. The van der Waals surface area contributed by atoms with Gasteiger partial charge in [0, 0.05) is 20.0 Å². The second kappa shape index (κ2) is 13.1. The van der Waals surface area contributed by atoms with Gasteiger partial charge < -0.3 is 30.7 Å². The van der Waals surface area contributed by atoms with Crippen molar-refractivity contribution in [2.45, 2.75) is 64.1 Å². The molecule has 0 saturated carbocycles. The van der Waals surface area contributed by atoms with Crippen LogP contribution in [0.3, 0.4) is 0 Å². The van der Waals surface area contributed by atoms with Crippen LogP contribution in [0.1, 0.15) is 45.1 Å². The van der Waals surface area contributed by atoms with Gasteiger partial charge in [0.1, 0.15) is 24.4 Å². The molecule has 3 unspecified atom stereocenters. The first-order valence-electron chi connectivity index (χ1n) is 12.0. The fourth-order valence-corrected chi connectivity index (χ4v) is 4.21. The van der Waals surface area contributed by atoms with Crippen molar-refractivity contribution in [3.63, 3.8) is 0 Å². The molecule has 1 aliphatic heterocycles. The van der Waals surface area contributed by atoms with Crippen LogP contribution in [0.4, 0.5) is 0 Å². The second-order valence-electron chi connectivity index (χ2n) is 9.33. The van der Waals surface area contributed by atoms with E-state index >= 15 is 0 Å². The van der Waals surface area contributed by atoms with E-state index in [1.54, 1.807) is 31.4 Å². The second-order valence-corrected chi connectivity index (χ2v) is 9.33. The summed E-state index contributed by atoms with van der Waals surface area (Å²) < 4.78 is 10.4. The number of rotatable bonds is 12. The van der Waals surface area contributed by atoms with Crippen LogP contribution in [-0.2, 0) is 30.3 Å². The summed E-state index contributed by atoms with van der Waals surface area (Å²) in [4.78, 5) is 53.4. The number of benzene rings is 1. The quantitative estimate of drug-likeness (QED) is 0.413. The van der Waals surface area contributed by atoms with Crippen LogP contribution in [0.15, 0.2) is 24.3 Å². The molecule has 3 amide bonds. The maximum Gasteiger partial charge on any atom is 0.329 e. The number of methoxy groups -OCH3 is 1. The van der Waals surface area contributed by atoms with Gasteiger partial charge in [-0.25, -0.2) is 4.79 Å². The summed E-state index contributed by atoms with van der Waals surface area (Å²) >= 11 is 0. The van der Waals surface area contributed by atoms with Gasteiger partial charge >= 0.3 is 5.97 Å². The molecular weight excluding hydrogens is 452 g/mol. The first kappa shape index (κ1) is 28.1. The van der Waals surface area contributed by atoms with Crippen molar-refractivity contribution >= 4 is 23.7 Å². The summed E-state index contributed by atoms with van der Waals surface area (Å²) in [7, 11) is 3.09. The summed E-state index contributed by atoms with van der Waals surface area (Å²) in [6, 6.07) is 4.81. The van der Waals surface area contributed by atoms with Gasteiger partial charge in [0.25, 0.3) is 0 Å². The Kier molecular flexibility index (Phi) is 10.5. The summed E-state index contributed by atoms with van der Waals surface area (Å²) in [5, 5.41) is 0. The number of carbonyl (C=O) groups excluding carboxylic acids is 4. The molecule has 1 heterocycles.